The van der Waals surface area contributed by atoms with Crippen LogP contribution in [-0.4, -0.2) is 23.3 Å². The Kier molecular flexibility index (Phi) is 3.87. The van der Waals surface area contributed by atoms with E-state index in [0.717, 1.165) is 37.5 Å². The number of carbonyl (C=O) groups is 1. The van der Waals surface area contributed by atoms with Crippen LogP contribution in [-0.2, 0) is 9.53 Å². The highest BCUT2D eigenvalue weighted by atomic mass is 16.5. The van der Waals surface area contributed by atoms with Crippen LogP contribution >= 0.6 is 0 Å². The molecular formula is C21H32O3. The van der Waals surface area contributed by atoms with E-state index >= 15 is 0 Å². The van der Waals surface area contributed by atoms with Crippen molar-refractivity contribution in [2.45, 2.75) is 84.3 Å². The van der Waals surface area contributed by atoms with Gasteiger partial charge in [0, 0.05) is 12.3 Å². The van der Waals surface area contributed by atoms with E-state index in [0.29, 0.717) is 11.3 Å². The van der Waals surface area contributed by atoms with E-state index in [1.54, 1.807) is 6.92 Å². The lowest BCUT2D eigenvalue weighted by Gasteiger charge is -2.58. The molecule has 0 saturated heterocycles. The van der Waals surface area contributed by atoms with Crippen LogP contribution in [0.15, 0.2) is 11.6 Å². The molecule has 3 fully saturated rings. The summed E-state index contributed by atoms with van der Waals surface area (Å²) >= 11 is 0. The zero-order valence-corrected chi connectivity index (χ0v) is 15.4. The molecule has 3 nitrogen and oxygen atoms in total. The Morgan fingerprint density at radius 2 is 1.92 bits per heavy atom. The van der Waals surface area contributed by atoms with Crippen LogP contribution in [0.2, 0.25) is 0 Å². The standard InChI is InChI=1S/C21H32O3/c1-13(22)24-19-7-6-17-16-5-4-14-12-15(23)8-10-20(14,2)18(16)9-11-21(17,19)3/h12,15-19,23H,4-11H2,1-3H3/t15-,16-,17+,18-,19-,20-,21-/m0/s1. The maximum Gasteiger partial charge on any atom is 0.302 e. The van der Waals surface area contributed by atoms with E-state index in [9.17, 15) is 9.90 Å². The van der Waals surface area contributed by atoms with E-state index in [2.05, 4.69) is 19.9 Å². The fourth-order valence-corrected chi connectivity index (χ4v) is 7.06. The van der Waals surface area contributed by atoms with Crippen LogP contribution in [0.25, 0.3) is 0 Å². The number of fused-ring (bicyclic) bond motifs is 5. The van der Waals surface area contributed by atoms with Crippen molar-refractivity contribution in [3.63, 3.8) is 0 Å². The number of hydrogen-bond donors (Lipinski definition) is 1. The first-order valence-corrected chi connectivity index (χ1v) is 9.91. The molecule has 1 N–H and O–H groups in total. The van der Waals surface area contributed by atoms with Crippen molar-refractivity contribution < 1.29 is 14.6 Å². The first kappa shape index (κ1) is 16.6. The molecule has 0 heterocycles. The molecule has 0 amide bonds. The Hall–Kier alpha value is -0.830. The Balaban J connectivity index is 1.61. The number of allylic oxidation sites excluding steroid dienone is 1. The van der Waals surface area contributed by atoms with Gasteiger partial charge in [-0.15, -0.1) is 0 Å². The fourth-order valence-electron chi connectivity index (χ4n) is 7.06. The van der Waals surface area contributed by atoms with E-state index in [-0.39, 0.29) is 23.6 Å². The molecule has 4 aliphatic rings. The van der Waals surface area contributed by atoms with Crippen molar-refractivity contribution in [3.8, 4) is 0 Å². The van der Waals surface area contributed by atoms with E-state index < -0.39 is 0 Å². The lowest BCUT2D eigenvalue weighted by molar-refractivity contribution is -0.157. The summed E-state index contributed by atoms with van der Waals surface area (Å²) in [6.07, 6.45) is 11.2. The summed E-state index contributed by atoms with van der Waals surface area (Å²) in [6.45, 7) is 6.39. The van der Waals surface area contributed by atoms with Crippen LogP contribution in [0.1, 0.15) is 72.1 Å². The molecule has 0 radical (unpaired) electrons. The third-order valence-electron chi connectivity index (χ3n) is 8.31. The van der Waals surface area contributed by atoms with Gasteiger partial charge in [-0.05, 0) is 74.5 Å². The minimum atomic E-state index is -0.224. The second-order valence-electron chi connectivity index (χ2n) is 9.35. The largest absolute Gasteiger partial charge is 0.462 e. The molecule has 3 saturated carbocycles. The van der Waals surface area contributed by atoms with Gasteiger partial charge in [-0.25, -0.2) is 0 Å². The molecule has 0 aromatic heterocycles. The first-order valence-electron chi connectivity index (χ1n) is 9.91. The Bertz CT molecular complexity index is 567. The Labute approximate surface area is 145 Å². The zero-order chi connectivity index (χ0) is 17.1. The topological polar surface area (TPSA) is 46.5 Å². The molecule has 0 unspecified atom stereocenters. The Morgan fingerprint density at radius 3 is 2.67 bits per heavy atom. The lowest BCUT2D eigenvalue weighted by atomic mass is 9.47. The molecule has 0 bridgehead atoms. The van der Waals surface area contributed by atoms with Gasteiger partial charge in [0.05, 0.1) is 6.10 Å². The summed E-state index contributed by atoms with van der Waals surface area (Å²) in [6, 6.07) is 0. The summed E-state index contributed by atoms with van der Waals surface area (Å²) in [5.74, 6) is 2.10. The molecule has 7 atom stereocenters. The minimum absolute atomic E-state index is 0.119. The van der Waals surface area contributed by atoms with Crippen molar-refractivity contribution >= 4 is 5.97 Å². The monoisotopic (exact) mass is 332 g/mol. The van der Waals surface area contributed by atoms with E-state index in [1.807, 2.05) is 0 Å². The lowest BCUT2D eigenvalue weighted by Crippen LogP contribution is -2.51. The number of aliphatic hydroxyl groups is 1. The van der Waals surface area contributed by atoms with E-state index in [1.165, 1.54) is 31.3 Å². The summed E-state index contributed by atoms with van der Waals surface area (Å²) in [7, 11) is 0. The molecule has 0 aromatic rings. The number of esters is 1. The molecule has 4 rings (SSSR count). The molecule has 3 heteroatoms. The van der Waals surface area contributed by atoms with Crippen molar-refractivity contribution in [2.24, 2.45) is 28.6 Å². The van der Waals surface area contributed by atoms with Gasteiger partial charge in [-0.1, -0.05) is 25.5 Å². The highest BCUT2D eigenvalue weighted by Crippen LogP contribution is 2.65. The first-order chi connectivity index (χ1) is 11.3. The van der Waals surface area contributed by atoms with Crippen LogP contribution in [0.4, 0.5) is 0 Å². The quantitative estimate of drug-likeness (QED) is 0.577. The van der Waals surface area contributed by atoms with Gasteiger partial charge < -0.3 is 9.84 Å². The van der Waals surface area contributed by atoms with Crippen molar-refractivity contribution in [2.75, 3.05) is 0 Å². The molecule has 0 spiro atoms. The highest BCUT2D eigenvalue weighted by molar-refractivity contribution is 5.66. The maximum atomic E-state index is 11.5. The predicted octanol–water partition coefficient (Wildman–Crippen LogP) is 4.24. The van der Waals surface area contributed by atoms with Gasteiger partial charge in [-0.3, -0.25) is 4.79 Å². The van der Waals surface area contributed by atoms with Gasteiger partial charge in [0.15, 0.2) is 0 Å². The number of rotatable bonds is 1. The van der Waals surface area contributed by atoms with Crippen LogP contribution in [0.3, 0.4) is 0 Å². The van der Waals surface area contributed by atoms with Gasteiger partial charge in [-0.2, -0.15) is 0 Å². The number of carbonyl (C=O) groups excluding carboxylic acids is 1. The third kappa shape index (κ3) is 2.30. The smallest absolute Gasteiger partial charge is 0.302 e. The van der Waals surface area contributed by atoms with Gasteiger partial charge in [0.2, 0.25) is 0 Å². The molecule has 134 valence electrons. The highest BCUT2D eigenvalue weighted by Gasteiger charge is 2.59. The third-order valence-corrected chi connectivity index (χ3v) is 8.31. The van der Waals surface area contributed by atoms with E-state index in [4.69, 9.17) is 4.74 Å². The second-order valence-corrected chi connectivity index (χ2v) is 9.35. The van der Waals surface area contributed by atoms with Gasteiger partial charge >= 0.3 is 5.97 Å². The average molecular weight is 332 g/mol. The molecule has 0 aliphatic heterocycles. The van der Waals surface area contributed by atoms with Gasteiger partial charge in [0.25, 0.3) is 0 Å². The SMILES string of the molecule is CC(=O)O[C@H]1CC[C@@H]2[C@@H]3CCC4=C[C@@H](O)CC[C@]4(C)[C@H]3CC[C@]12C. The van der Waals surface area contributed by atoms with Crippen LogP contribution in [0.5, 0.6) is 0 Å². The van der Waals surface area contributed by atoms with Crippen LogP contribution < -0.4 is 0 Å². The fraction of sp³-hybridized carbons (Fsp3) is 0.857. The van der Waals surface area contributed by atoms with Crippen LogP contribution in [0, 0.1) is 28.6 Å². The average Bonchev–Trinajstić information content (AvgIpc) is 2.84. The normalized spacial score (nSPS) is 50.3. The maximum absolute atomic E-state index is 11.5. The summed E-state index contributed by atoms with van der Waals surface area (Å²) in [5, 5.41) is 10.0. The summed E-state index contributed by atoms with van der Waals surface area (Å²) < 4.78 is 5.73. The van der Waals surface area contributed by atoms with Gasteiger partial charge in [0.1, 0.15) is 6.10 Å². The Morgan fingerprint density at radius 1 is 1.12 bits per heavy atom. The van der Waals surface area contributed by atoms with Crippen molar-refractivity contribution in [3.05, 3.63) is 11.6 Å². The minimum Gasteiger partial charge on any atom is -0.462 e. The number of ether oxygens (including phenoxy) is 1. The molecule has 4 aliphatic carbocycles. The molecule has 24 heavy (non-hydrogen) atoms. The van der Waals surface area contributed by atoms with Crippen molar-refractivity contribution in [1.29, 1.82) is 0 Å². The number of aliphatic hydroxyl groups excluding tert-OH is 1. The van der Waals surface area contributed by atoms with Crippen molar-refractivity contribution in [1.82, 2.24) is 0 Å². The number of hydrogen-bond acceptors (Lipinski definition) is 3. The second kappa shape index (κ2) is 5.59. The molecular weight excluding hydrogens is 300 g/mol. The summed E-state index contributed by atoms with van der Waals surface area (Å²) in [5.41, 5.74) is 2.00. The predicted molar refractivity (Wildman–Crippen MR) is 93.3 cm³/mol. The summed E-state index contributed by atoms with van der Waals surface area (Å²) in [4.78, 5) is 11.5. The molecule has 0 aromatic carbocycles. The zero-order valence-electron chi connectivity index (χ0n) is 15.4.